The van der Waals surface area contributed by atoms with Crippen LogP contribution in [0, 0.1) is 0 Å². The van der Waals surface area contributed by atoms with Crippen molar-refractivity contribution in [3.63, 3.8) is 0 Å². The first-order chi connectivity index (χ1) is 9.66. The molecule has 4 heteroatoms. The number of hydrogen-bond acceptors (Lipinski definition) is 4. The first-order valence-corrected chi connectivity index (χ1v) is 7.25. The van der Waals surface area contributed by atoms with E-state index in [1.54, 1.807) is 7.11 Å². The van der Waals surface area contributed by atoms with Gasteiger partial charge in [-0.2, -0.15) is 0 Å². The summed E-state index contributed by atoms with van der Waals surface area (Å²) in [7, 11) is 1.68. The third-order valence-corrected chi connectivity index (χ3v) is 4.45. The molecule has 0 aromatic heterocycles. The highest BCUT2D eigenvalue weighted by Crippen LogP contribution is 2.44. The molecule has 1 N–H and O–H groups in total. The predicted octanol–water partition coefficient (Wildman–Crippen LogP) is 2.34. The molecule has 1 saturated heterocycles. The molecule has 2 fully saturated rings. The Hall–Kier alpha value is -0.940. The second kappa shape index (κ2) is 5.45. The molecule has 1 aromatic rings. The number of methoxy groups -OCH3 is 1. The Morgan fingerprint density at radius 1 is 1.05 bits per heavy atom. The van der Waals surface area contributed by atoms with Crippen LogP contribution in [0.4, 0.5) is 0 Å². The van der Waals surface area contributed by atoms with Crippen LogP contribution >= 0.6 is 0 Å². The van der Waals surface area contributed by atoms with Gasteiger partial charge in [0.2, 0.25) is 0 Å². The van der Waals surface area contributed by atoms with Gasteiger partial charge in [-0.3, -0.25) is 0 Å². The second-order valence-corrected chi connectivity index (χ2v) is 5.77. The maximum Gasteiger partial charge on any atom is 0.168 e. The van der Waals surface area contributed by atoms with Crippen molar-refractivity contribution in [2.24, 2.45) is 0 Å². The molecule has 1 aromatic carbocycles. The van der Waals surface area contributed by atoms with Gasteiger partial charge in [-0.25, -0.2) is 0 Å². The van der Waals surface area contributed by atoms with Crippen molar-refractivity contribution in [1.29, 1.82) is 0 Å². The van der Waals surface area contributed by atoms with Crippen LogP contribution in [0.2, 0.25) is 0 Å². The molecule has 1 spiro atoms. The third kappa shape index (κ3) is 2.61. The van der Waals surface area contributed by atoms with E-state index in [2.05, 4.69) is 0 Å². The van der Waals surface area contributed by atoms with Gasteiger partial charge in [0.1, 0.15) is 0 Å². The van der Waals surface area contributed by atoms with Crippen LogP contribution in [0.5, 0.6) is 0 Å². The molecule has 1 aliphatic carbocycles. The number of rotatable bonds is 3. The summed E-state index contributed by atoms with van der Waals surface area (Å²) in [6.45, 7) is 1.94. The van der Waals surface area contributed by atoms with Crippen molar-refractivity contribution in [1.82, 2.24) is 0 Å². The van der Waals surface area contributed by atoms with Crippen LogP contribution < -0.4 is 0 Å². The first kappa shape index (κ1) is 14.0. The Labute approximate surface area is 119 Å². The smallest absolute Gasteiger partial charge is 0.168 e. The number of aliphatic hydroxyl groups is 1. The minimum absolute atomic E-state index is 0.428. The molecular weight excluding hydrogens is 256 g/mol. The van der Waals surface area contributed by atoms with Gasteiger partial charge in [-0.1, -0.05) is 24.3 Å². The van der Waals surface area contributed by atoms with Crippen molar-refractivity contribution in [2.75, 3.05) is 20.3 Å². The third-order valence-electron chi connectivity index (χ3n) is 4.45. The average molecular weight is 278 g/mol. The summed E-state index contributed by atoms with van der Waals surface area (Å²) in [5.41, 5.74) is 1.34. The maximum atomic E-state index is 10.9. The van der Waals surface area contributed by atoms with E-state index in [0.29, 0.717) is 32.7 Å². The Morgan fingerprint density at radius 2 is 1.65 bits per heavy atom. The minimum Gasteiger partial charge on any atom is -0.385 e. The van der Waals surface area contributed by atoms with Crippen molar-refractivity contribution in [3.05, 3.63) is 35.4 Å². The highest BCUT2D eigenvalue weighted by molar-refractivity contribution is 5.27. The highest BCUT2D eigenvalue weighted by Gasteiger charge is 2.46. The molecule has 0 unspecified atom stereocenters. The number of hydrogen-bond donors (Lipinski definition) is 1. The second-order valence-electron chi connectivity index (χ2n) is 5.77. The van der Waals surface area contributed by atoms with E-state index in [-0.39, 0.29) is 0 Å². The van der Waals surface area contributed by atoms with E-state index in [1.165, 1.54) is 0 Å². The predicted molar refractivity (Wildman–Crippen MR) is 74.2 cm³/mol. The molecule has 4 nitrogen and oxygen atoms in total. The quantitative estimate of drug-likeness (QED) is 0.922. The zero-order chi connectivity index (χ0) is 14.1. The largest absolute Gasteiger partial charge is 0.385 e. The summed E-state index contributed by atoms with van der Waals surface area (Å²) in [5, 5.41) is 10.9. The van der Waals surface area contributed by atoms with Gasteiger partial charge in [-0.15, -0.1) is 0 Å². The van der Waals surface area contributed by atoms with Crippen LogP contribution in [0.3, 0.4) is 0 Å². The van der Waals surface area contributed by atoms with Crippen LogP contribution in [-0.4, -0.2) is 31.2 Å². The van der Waals surface area contributed by atoms with E-state index in [9.17, 15) is 5.11 Å². The normalized spacial score (nSPS) is 24.1. The maximum absolute atomic E-state index is 10.9. The standard InChI is InChI=1S/C16H22O4/c1-18-12-13-2-4-14(5-3-13)15(17)6-8-16(9-7-15)19-10-11-20-16/h2-5,17H,6-12H2,1H3. The van der Waals surface area contributed by atoms with Crippen LogP contribution in [0.25, 0.3) is 0 Å². The molecule has 0 radical (unpaired) electrons. The van der Waals surface area contributed by atoms with Crippen molar-refractivity contribution >= 4 is 0 Å². The van der Waals surface area contributed by atoms with Crippen molar-refractivity contribution in [3.8, 4) is 0 Å². The van der Waals surface area contributed by atoms with Crippen molar-refractivity contribution in [2.45, 2.75) is 43.7 Å². The van der Waals surface area contributed by atoms with Gasteiger partial charge in [0, 0.05) is 20.0 Å². The molecule has 3 rings (SSSR count). The fraction of sp³-hybridized carbons (Fsp3) is 0.625. The summed E-state index contributed by atoms with van der Waals surface area (Å²) in [5.74, 6) is -0.428. The molecule has 1 heterocycles. The van der Waals surface area contributed by atoms with Gasteiger partial charge in [0.15, 0.2) is 5.79 Å². The summed E-state index contributed by atoms with van der Waals surface area (Å²) in [4.78, 5) is 0. The molecule has 1 saturated carbocycles. The van der Waals surface area contributed by atoms with Crippen LogP contribution in [0.15, 0.2) is 24.3 Å². The topological polar surface area (TPSA) is 47.9 Å². The highest BCUT2D eigenvalue weighted by atomic mass is 16.7. The van der Waals surface area contributed by atoms with Crippen LogP contribution in [-0.2, 0) is 26.4 Å². The molecule has 110 valence electrons. The molecular formula is C16H22O4. The Morgan fingerprint density at radius 3 is 2.20 bits per heavy atom. The monoisotopic (exact) mass is 278 g/mol. The zero-order valence-corrected chi connectivity index (χ0v) is 11.9. The number of ether oxygens (including phenoxy) is 3. The average Bonchev–Trinajstić information content (AvgIpc) is 2.93. The van der Waals surface area contributed by atoms with E-state index >= 15 is 0 Å². The van der Waals surface area contributed by atoms with Crippen molar-refractivity contribution < 1.29 is 19.3 Å². The Balaban J connectivity index is 1.70. The zero-order valence-electron chi connectivity index (χ0n) is 11.9. The SMILES string of the molecule is COCc1ccc(C2(O)CCC3(CC2)OCCO3)cc1. The lowest BCUT2D eigenvalue weighted by Gasteiger charge is -2.40. The van der Waals surface area contributed by atoms with E-state index < -0.39 is 11.4 Å². The first-order valence-electron chi connectivity index (χ1n) is 7.25. The Kier molecular flexibility index (Phi) is 3.82. The lowest BCUT2D eigenvalue weighted by atomic mass is 9.77. The molecule has 20 heavy (non-hydrogen) atoms. The molecule has 0 atom stereocenters. The lowest BCUT2D eigenvalue weighted by molar-refractivity contribution is -0.204. The molecule has 0 amide bonds. The summed E-state index contributed by atoms with van der Waals surface area (Å²) >= 11 is 0. The molecule has 0 bridgehead atoms. The van der Waals surface area contributed by atoms with E-state index in [0.717, 1.165) is 24.0 Å². The van der Waals surface area contributed by atoms with Crippen LogP contribution in [0.1, 0.15) is 36.8 Å². The lowest BCUT2D eigenvalue weighted by Crippen LogP contribution is -2.42. The van der Waals surface area contributed by atoms with Gasteiger partial charge >= 0.3 is 0 Å². The fourth-order valence-corrected chi connectivity index (χ4v) is 3.20. The van der Waals surface area contributed by atoms with E-state index in [4.69, 9.17) is 14.2 Å². The van der Waals surface area contributed by atoms with Gasteiger partial charge < -0.3 is 19.3 Å². The Bertz CT molecular complexity index is 438. The minimum atomic E-state index is -0.758. The molecule has 1 aliphatic heterocycles. The molecule has 2 aliphatic rings. The fourth-order valence-electron chi connectivity index (χ4n) is 3.20. The number of benzene rings is 1. The van der Waals surface area contributed by atoms with Gasteiger partial charge in [0.25, 0.3) is 0 Å². The van der Waals surface area contributed by atoms with Gasteiger partial charge in [-0.05, 0) is 24.0 Å². The van der Waals surface area contributed by atoms with E-state index in [1.807, 2.05) is 24.3 Å². The summed E-state index contributed by atoms with van der Waals surface area (Å²) in [6, 6.07) is 8.04. The van der Waals surface area contributed by atoms with Gasteiger partial charge in [0.05, 0.1) is 25.4 Å². The summed E-state index contributed by atoms with van der Waals surface area (Å²) < 4.78 is 16.5. The summed E-state index contributed by atoms with van der Waals surface area (Å²) in [6.07, 6.45) is 2.86.